The zero-order valence-corrected chi connectivity index (χ0v) is 19.8. The summed E-state index contributed by atoms with van der Waals surface area (Å²) in [5.41, 5.74) is 1.53. The van der Waals surface area contributed by atoms with E-state index in [1.54, 1.807) is 11.1 Å². The molecular formula is C22H25ClF2N10. The summed E-state index contributed by atoms with van der Waals surface area (Å²) in [4.78, 5) is 19.3. The molecule has 0 amide bonds. The number of guanidine groups is 2. The molecule has 0 aliphatic carbocycles. The molecule has 0 bridgehead atoms. The lowest BCUT2D eigenvalue weighted by Gasteiger charge is -2.39. The van der Waals surface area contributed by atoms with E-state index in [9.17, 15) is 8.78 Å². The maximum atomic E-state index is 13.8. The molecule has 1 saturated heterocycles. The predicted octanol–water partition coefficient (Wildman–Crippen LogP) is 2.55. The van der Waals surface area contributed by atoms with Crippen LogP contribution in [0, 0.1) is 11.8 Å². The van der Waals surface area contributed by atoms with Crippen molar-refractivity contribution < 1.29 is 8.78 Å². The first-order valence-electron chi connectivity index (χ1n) is 11.6. The first-order valence-corrected chi connectivity index (χ1v) is 12.0. The second-order valence-corrected chi connectivity index (χ2v) is 9.66. The van der Waals surface area contributed by atoms with Gasteiger partial charge in [-0.15, -0.1) is 0 Å². The van der Waals surface area contributed by atoms with Crippen LogP contribution in [-0.2, 0) is 6.54 Å². The van der Waals surface area contributed by atoms with Gasteiger partial charge >= 0.3 is 0 Å². The third-order valence-corrected chi connectivity index (χ3v) is 7.07. The van der Waals surface area contributed by atoms with Crippen molar-refractivity contribution in [1.29, 1.82) is 0 Å². The standard InChI is InChI=1S/C22H25ClF2N10/c1-33-12-13(9-27-33)14-10-28-35-19(14)31-21(34-7-5-22(24,25)6-8-34)32-20(35)26-11-17-29-16-4-2-3-15(23)18(16)30-17/h2-4,9-10,13-14,19H,5-8,11-12H2,1H3,(H,29,30)(H,26,31,32). The van der Waals surface area contributed by atoms with Gasteiger partial charge in [-0.05, 0) is 12.1 Å². The number of hydrazone groups is 2. The summed E-state index contributed by atoms with van der Waals surface area (Å²) in [6.45, 7) is 1.47. The van der Waals surface area contributed by atoms with Crippen molar-refractivity contribution in [2.75, 3.05) is 26.7 Å². The van der Waals surface area contributed by atoms with Gasteiger partial charge < -0.3 is 9.88 Å². The highest BCUT2D eigenvalue weighted by Crippen LogP contribution is 2.32. The van der Waals surface area contributed by atoms with E-state index in [0.717, 1.165) is 12.1 Å². The minimum atomic E-state index is -2.64. The Balaban J connectivity index is 1.28. The number of hydrogen-bond acceptors (Lipinski definition) is 7. The SMILES string of the molecule is CN1CC(C2C=NN3C(=NCc4nc5c(Cl)cccc5[nH]4)NC(N4CCC(F)(F)CC4)=NC23)C=N1. The van der Waals surface area contributed by atoms with Crippen molar-refractivity contribution in [2.24, 2.45) is 32.0 Å². The van der Waals surface area contributed by atoms with Gasteiger partial charge in [0.1, 0.15) is 17.9 Å². The highest BCUT2D eigenvalue weighted by atomic mass is 35.5. The van der Waals surface area contributed by atoms with E-state index in [4.69, 9.17) is 21.6 Å². The number of hydrogen-bond donors (Lipinski definition) is 2. The Hall–Kier alpha value is -3.28. The van der Waals surface area contributed by atoms with Crippen molar-refractivity contribution >= 4 is 47.0 Å². The molecule has 2 aromatic rings. The number of benzene rings is 1. The smallest absolute Gasteiger partial charge is 0.251 e. The molecule has 4 aliphatic rings. The molecule has 3 atom stereocenters. The molecule has 0 saturated carbocycles. The van der Waals surface area contributed by atoms with Crippen LogP contribution in [0.4, 0.5) is 8.78 Å². The second kappa shape index (κ2) is 8.43. The van der Waals surface area contributed by atoms with Gasteiger partial charge in [-0.25, -0.2) is 28.8 Å². The van der Waals surface area contributed by atoms with Crippen LogP contribution in [0.5, 0.6) is 0 Å². The van der Waals surface area contributed by atoms with Gasteiger partial charge in [-0.3, -0.25) is 10.3 Å². The van der Waals surface area contributed by atoms with Crippen LogP contribution in [-0.4, -0.2) is 88.0 Å². The molecule has 0 radical (unpaired) electrons. The van der Waals surface area contributed by atoms with Crippen LogP contribution < -0.4 is 5.32 Å². The number of aromatic nitrogens is 2. The number of aromatic amines is 1. The van der Waals surface area contributed by atoms with Crippen molar-refractivity contribution in [3.05, 3.63) is 29.0 Å². The van der Waals surface area contributed by atoms with Gasteiger partial charge in [0.2, 0.25) is 11.9 Å². The zero-order chi connectivity index (χ0) is 24.2. The van der Waals surface area contributed by atoms with Gasteiger partial charge in [-0.1, -0.05) is 17.7 Å². The molecule has 5 heterocycles. The predicted molar refractivity (Wildman–Crippen MR) is 131 cm³/mol. The Morgan fingerprint density at radius 2 is 2.03 bits per heavy atom. The number of aliphatic imine (C=N–C) groups is 2. The summed E-state index contributed by atoms with van der Waals surface area (Å²) in [6.07, 6.45) is 3.08. The van der Waals surface area contributed by atoms with Crippen molar-refractivity contribution in [1.82, 2.24) is 30.2 Å². The first kappa shape index (κ1) is 22.2. The number of likely N-dealkylation sites (tertiary alicyclic amines) is 1. The Bertz CT molecular complexity index is 1240. The summed E-state index contributed by atoms with van der Waals surface area (Å²) in [6, 6.07) is 5.56. The largest absolute Gasteiger partial charge is 0.342 e. The lowest BCUT2D eigenvalue weighted by atomic mass is 9.92. The molecule has 1 fully saturated rings. The Labute approximate surface area is 205 Å². The molecule has 184 valence electrons. The molecule has 10 nitrogen and oxygen atoms in total. The third-order valence-electron chi connectivity index (χ3n) is 6.76. The van der Waals surface area contributed by atoms with Gasteiger partial charge in [0.05, 0.1) is 10.5 Å². The van der Waals surface area contributed by atoms with Gasteiger partial charge in [0.25, 0.3) is 5.92 Å². The number of fused-ring (bicyclic) bond motifs is 2. The van der Waals surface area contributed by atoms with E-state index in [1.807, 2.05) is 41.5 Å². The van der Waals surface area contributed by atoms with Gasteiger partial charge in [0.15, 0.2) is 6.17 Å². The average Bonchev–Trinajstić information content (AvgIpc) is 3.55. The minimum absolute atomic E-state index is 0.0118. The van der Waals surface area contributed by atoms with E-state index < -0.39 is 5.92 Å². The number of rotatable bonds is 3. The summed E-state index contributed by atoms with van der Waals surface area (Å²) in [7, 11) is 1.93. The average molecular weight is 503 g/mol. The Morgan fingerprint density at radius 1 is 1.20 bits per heavy atom. The summed E-state index contributed by atoms with van der Waals surface area (Å²) in [5.74, 6) is -0.794. The highest BCUT2D eigenvalue weighted by molar-refractivity contribution is 6.34. The van der Waals surface area contributed by atoms with Crippen molar-refractivity contribution in [3.8, 4) is 0 Å². The number of para-hydroxylation sites is 1. The van der Waals surface area contributed by atoms with E-state index in [0.29, 0.717) is 28.3 Å². The summed E-state index contributed by atoms with van der Waals surface area (Å²) < 4.78 is 27.6. The van der Waals surface area contributed by atoms with E-state index in [-0.39, 0.29) is 50.5 Å². The van der Waals surface area contributed by atoms with Crippen LogP contribution in [0.1, 0.15) is 18.7 Å². The topological polar surface area (TPSA) is 99.9 Å². The minimum Gasteiger partial charge on any atom is -0.342 e. The number of halogens is 3. The monoisotopic (exact) mass is 502 g/mol. The van der Waals surface area contributed by atoms with Gasteiger partial charge in [-0.2, -0.15) is 10.2 Å². The Kier molecular flexibility index (Phi) is 5.35. The molecule has 1 aromatic carbocycles. The molecule has 35 heavy (non-hydrogen) atoms. The van der Waals surface area contributed by atoms with Gasteiger partial charge in [0, 0.05) is 63.8 Å². The summed E-state index contributed by atoms with van der Waals surface area (Å²) >= 11 is 6.26. The molecule has 1 aromatic heterocycles. The van der Waals surface area contributed by atoms with E-state index in [1.165, 1.54) is 0 Å². The maximum Gasteiger partial charge on any atom is 0.251 e. The van der Waals surface area contributed by atoms with Crippen LogP contribution in [0.2, 0.25) is 5.02 Å². The number of imidazole rings is 1. The molecule has 6 rings (SSSR count). The molecule has 3 unspecified atom stereocenters. The fourth-order valence-corrected chi connectivity index (χ4v) is 5.05. The lowest BCUT2D eigenvalue weighted by Crippen LogP contribution is -2.58. The fourth-order valence-electron chi connectivity index (χ4n) is 4.84. The van der Waals surface area contributed by atoms with Crippen LogP contribution >= 0.6 is 11.6 Å². The van der Waals surface area contributed by atoms with E-state index in [2.05, 4.69) is 25.5 Å². The molecule has 13 heteroatoms. The van der Waals surface area contributed by atoms with Crippen LogP contribution in [0.25, 0.3) is 11.0 Å². The lowest BCUT2D eigenvalue weighted by molar-refractivity contribution is -0.0440. The maximum absolute atomic E-state index is 13.8. The molecular weight excluding hydrogens is 478 g/mol. The number of alkyl halides is 2. The summed E-state index contributed by atoms with van der Waals surface area (Å²) in [5, 5.41) is 16.4. The third kappa shape index (κ3) is 4.19. The first-order chi connectivity index (χ1) is 16.9. The quantitative estimate of drug-likeness (QED) is 0.672. The highest BCUT2D eigenvalue weighted by Gasteiger charge is 2.44. The normalized spacial score (nSPS) is 28.7. The number of piperidine rings is 1. The van der Waals surface area contributed by atoms with E-state index >= 15 is 0 Å². The second-order valence-electron chi connectivity index (χ2n) is 9.25. The number of nitrogens with zero attached hydrogens (tertiary/aromatic N) is 8. The van der Waals surface area contributed by atoms with Crippen LogP contribution in [0.3, 0.4) is 0 Å². The molecule has 2 N–H and O–H groups in total. The fraction of sp³-hybridized carbons (Fsp3) is 0.500. The van der Waals surface area contributed by atoms with Crippen molar-refractivity contribution in [2.45, 2.75) is 31.5 Å². The molecule has 4 aliphatic heterocycles. The number of nitrogens with one attached hydrogen (secondary N) is 2. The van der Waals surface area contributed by atoms with Crippen molar-refractivity contribution in [3.63, 3.8) is 0 Å². The van der Waals surface area contributed by atoms with Crippen LogP contribution in [0.15, 0.2) is 38.4 Å². The zero-order valence-electron chi connectivity index (χ0n) is 19.1. The Morgan fingerprint density at radius 3 is 2.77 bits per heavy atom. The molecule has 0 spiro atoms. The number of H-pyrrole nitrogens is 1.